The number of sulfone groups is 1. The maximum atomic E-state index is 13.6. The van der Waals surface area contributed by atoms with Gasteiger partial charge in [-0.15, -0.1) is 11.8 Å². The number of amides is 1. The lowest BCUT2D eigenvalue weighted by Crippen LogP contribution is -2.37. The number of fused-ring (bicyclic) bond motifs is 1. The molecule has 2 aromatic carbocycles. The van der Waals surface area contributed by atoms with Gasteiger partial charge in [0, 0.05) is 28.6 Å². The van der Waals surface area contributed by atoms with E-state index in [4.69, 9.17) is 4.74 Å². The molecule has 1 aromatic heterocycles. The van der Waals surface area contributed by atoms with E-state index in [1.165, 1.54) is 17.6 Å². The van der Waals surface area contributed by atoms with Gasteiger partial charge in [0.2, 0.25) is 0 Å². The van der Waals surface area contributed by atoms with Gasteiger partial charge in [-0.1, -0.05) is 31.3 Å². The highest BCUT2D eigenvalue weighted by Crippen LogP contribution is 2.33. The van der Waals surface area contributed by atoms with Gasteiger partial charge >= 0.3 is 0 Å². The van der Waals surface area contributed by atoms with Crippen LogP contribution in [0.4, 0.5) is 5.13 Å². The van der Waals surface area contributed by atoms with Crippen LogP contribution in [-0.4, -0.2) is 50.1 Å². The van der Waals surface area contributed by atoms with E-state index in [9.17, 15) is 13.2 Å². The molecule has 2 heterocycles. The van der Waals surface area contributed by atoms with Crippen molar-refractivity contribution in [3.8, 4) is 0 Å². The fraction of sp³-hybridized carbons (Fsp3) is 0.391. The molecule has 1 unspecified atom stereocenters. The second-order valence-electron chi connectivity index (χ2n) is 8.14. The number of rotatable bonds is 7. The Balaban J connectivity index is 1.71. The number of hydrogen-bond donors (Lipinski definition) is 0. The van der Waals surface area contributed by atoms with Crippen LogP contribution in [0.1, 0.15) is 37.0 Å². The van der Waals surface area contributed by atoms with E-state index in [1.807, 2.05) is 24.3 Å². The quantitative estimate of drug-likeness (QED) is 0.433. The first-order valence-corrected chi connectivity index (χ1v) is 14.1. The molecule has 1 saturated heterocycles. The van der Waals surface area contributed by atoms with Crippen LogP contribution in [0, 0.1) is 0 Å². The third kappa shape index (κ3) is 5.33. The summed E-state index contributed by atoms with van der Waals surface area (Å²) in [5.41, 5.74) is 1.27. The first-order chi connectivity index (χ1) is 15.2. The van der Waals surface area contributed by atoms with Gasteiger partial charge in [-0.25, -0.2) is 13.4 Å². The second-order valence-corrected chi connectivity index (χ2v) is 12.8. The van der Waals surface area contributed by atoms with Gasteiger partial charge in [-0.3, -0.25) is 9.69 Å². The summed E-state index contributed by atoms with van der Waals surface area (Å²) in [5, 5.41) is 0.963. The van der Waals surface area contributed by atoms with Crippen molar-refractivity contribution >= 4 is 54.2 Å². The minimum absolute atomic E-state index is 0.0363. The fourth-order valence-corrected chi connectivity index (χ4v) is 6.24. The standard InChI is InChI=1S/C23H26N2O4S3/c1-15(2)30-18-8-4-6-16(12-18)22(26)25(14-17-7-5-11-29-17)23-24-20-10-9-19(32(3,27)28)13-21(20)31-23/h4,6,8-10,12-13,15,17H,5,7,11,14H2,1-3H3. The summed E-state index contributed by atoms with van der Waals surface area (Å²) >= 11 is 3.04. The van der Waals surface area contributed by atoms with Crippen molar-refractivity contribution < 1.29 is 17.9 Å². The first kappa shape index (κ1) is 23.2. The van der Waals surface area contributed by atoms with Gasteiger partial charge in [0.15, 0.2) is 15.0 Å². The molecule has 0 aliphatic carbocycles. The Labute approximate surface area is 196 Å². The average molecular weight is 491 g/mol. The lowest BCUT2D eigenvalue weighted by Gasteiger charge is -2.23. The normalized spacial score (nSPS) is 16.7. The summed E-state index contributed by atoms with van der Waals surface area (Å²) < 4.78 is 30.4. The lowest BCUT2D eigenvalue weighted by atomic mass is 10.2. The van der Waals surface area contributed by atoms with E-state index in [0.717, 1.165) is 22.4 Å². The van der Waals surface area contributed by atoms with Crippen molar-refractivity contribution in [3.63, 3.8) is 0 Å². The number of thiazole rings is 1. The van der Waals surface area contributed by atoms with E-state index < -0.39 is 9.84 Å². The Morgan fingerprint density at radius 3 is 2.78 bits per heavy atom. The van der Waals surface area contributed by atoms with Crippen LogP contribution in [0.25, 0.3) is 10.2 Å². The maximum absolute atomic E-state index is 13.6. The molecular weight excluding hydrogens is 464 g/mol. The fourth-order valence-electron chi connectivity index (χ4n) is 3.61. The second kappa shape index (κ2) is 9.51. The van der Waals surface area contributed by atoms with E-state index in [1.54, 1.807) is 34.9 Å². The van der Waals surface area contributed by atoms with Gasteiger partial charge in [0.1, 0.15) is 0 Å². The summed E-state index contributed by atoms with van der Waals surface area (Å²) in [4.78, 5) is 21.2. The summed E-state index contributed by atoms with van der Waals surface area (Å²) in [6, 6.07) is 12.5. The number of ether oxygens (including phenoxy) is 1. The largest absolute Gasteiger partial charge is 0.376 e. The van der Waals surface area contributed by atoms with Crippen molar-refractivity contribution in [3.05, 3.63) is 48.0 Å². The van der Waals surface area contributed by atoms with Crippen LogP contribution in [0.2, 0.25) is 0 Å². The van der Waals surface area contributed by atoms with E-state index in [2.05, 4.69) is 18.8 Å². The monoisotopic (exact) mass is 490 g/mol. The van der Waals surface area contributed by atoms with Gasteiger partial charge < -0.3 is 4.74 Å². The van der Waals surface area contributed by atoms with Crippen molar-refractivity contribution in [1.29, 1.82) is 0 Å². The number of hydrogen-bond acceptors (Lipinski definition) is 7. The molecule has 32 heavy (non-hydrogen) atoms. The first-order valence-electron chi connectivity index (χ1n) is 10.5. The molecule has 1 fully saturated rings. The predicted molar refractivity (Wildman–Crippen MR) is 131 cm³/mol. The summed E-state index contributed by atoms with van der Waals surface area (Å²) in [7, 11) is -3.32. The molecule has 0 spiro atoms. The zero-order chi connectivity index (χ0) is 22.9. The SMILES string of the molecule is CC(C)Sc1cccc(C(=O)N(CC2CCCO2)c2nc3ccc(S(C)(=O)=O)cc3s2)c1. The Morgan fingerprint density at radius 1 is 1.28 bits per heavy atom. The highest BCUT2D eigenvalue weighted by atomic mass is 32.2. The van der Waals surface area contributed by atoms with Gasteiger partial charge in [-0.05, 0) is 49.2 Å². The van der Waals surface area contributed by atoms with E-state index in [-0.39, 0.29) is 16.9 Å². The molecular formula is C23H26N2O4S3. The van der Waals surface area contributed by atoms with Crippen LogP contribution >= 0.6 is 23.1 Å². The van der Waals surface area contributed by atoms with Crippen molar-refractivity contribution in [2.24, 2.45) is 0 Å². The van der Waals surface area contributed by atoms with E-state index in [0.29, 0.717) is 34.6 Å². The molecule has 1 aliphatic heterocycles. The van der Waals surface area contributed by atoms with Crippen molar-refractivity contribution in [2.75, 3.05) is 24.3 Å². The highest BCUT2D eigenvalue weighted by molar-refractivity contribution is 7.99. The van der Waals surface area contributed by atoms with Gasteiger partial charge in [0.05, 0.1) is 27.8 Å². The topological polar surface area (TPSA) is 76.6 Å². The van der Waals surface area contributed by atoms with Crippen molar-refractivity contribution in [1.82, 2.24) is 4.98 Å². The molecule has 3 aromatic rings. The zero-order valence-corrected chi connectivity index (χ0v) is 20.7. The minimum atomic E-state index is -3.32. The Bertz CT molecular complexity index is 1230. The highest BCUT2D eigenvalue weighted by Gasteiger charge is 2.27. The van der Waals surface area contributed by atoms with Crippen LogP contribution in [-0.2, 0) is 14.6 Å². The molecule has 170 valence electrons. The molecule has 1 atom stereocenters. The number of carbonyl (C=O) groups excluding carboxylic acids is 1. The number of carbonyl (C=O) groups is 1. The third-order valence-corrected chi connectivity index (χ3v) is 8.26. The smallest absolute Gasteiger partial charge is 0.260 e. The maximum Gasteiger partial charge on any atom is 0.260 e. The molecule has 0 saturated carbocycles. The van der Waals surface area contributed by atoms with Crippen LogP contribution in [0.3, 0.4) is 0 Å². The molecule has 0 radical (unpaired) electrons. The van der Waals surface area contributed by atoms with E-state index >= 15 is 0 Å². The summed E-state index contributed by atoms with van der Waals surface area (Å²) in [6.07, 6.45) is 3.03. The van der Waals surface area contributed by atoms with Gasteiger partial charge in [-0.2, -0.15) is 0 Å². The molecule has 1 aliphatic rings. The van der Waals surface area contributed by atoms with Crippen LogP contribution in [0.5, 0.6) is 0 Å². The Morgan fingerprint density at radius 2 is 2.09 bits per heavy atom. The summed E-state index contributed by atoms with van der Waals surface area (Å²) in [5.74, 6) is -0.130. The molecule has 4 rings (SSSR count). The molecule has 9 heteroatoms. The molecule has 0 bridgehead atoms. The zero-order valence-electron chi connectivity index (χ0n) is 18.3. The molecule has 6 nitrogen and oxygen atoms in total. The van der Waals surface area contributed by atoms with Crippen molar-refractivity contribution in [2.45, 2.75) is 47.8 Å². The predicted octanol–water partition coefficient (Wildman–Crippen LogP) is 5.03. The molecule has 0 N–H and O–H groups in total. The Kier molecular flexibility index (Phi) is 6.90. The number of benzene rings is 2. The average Bonchev–Trinajstić information content (AvgIpc) is 3.39. The number of nitrogens with zero attached hydrogens (tertiary/aromatic N) is 2. The summed E-state index contributed by atoms with van der Waals surface area (Å²) in [6.45, 7) is 5.35. The van der Waals surface area contributed by atoms with Crippen LogP contribution < -0.4 is 4.90 Å². The third-order valence-electron chi connectivity index (χ3n) is 5.12. The number of aromatic nitrogens is 1. The lowest BCUT2D eigenvalue weighted by molar-refractivity contribution is 0.0917. The van der Waals surface area contributed by atoms with Gasteiger partial charge in [0.25, 0.3) is 5.91 Å². The Hall–Kier alpha value is -1.94. The number of anilines is 1. The molecule has 1 amide bonds. The number of thioether (sulfide) groups is 1. The van der Waals surface area contributed by atoms with Crippen LogP contribution in [0.15, 0.2) is 52.3 Å². The minimum Gasteiger partial charge on any atom is -0.376 e.